The molecule has 5 aromatic heterocycles. The molecule has 3 N–H and O–H groups in total. The highest BCUT2D eigenvalue weighted by molar-refractivity contribution is 7.13. The van der Waals surface area contributed by atoms with Crippen LogP contribution in [0.1, 0.15) is 12.5 Å². The van der Waals surface area contributed by atoms with Gasteiger partial charge in [0.05, 0.1) is 27.8 Å². The van der Waals surface area contributed by atoms with Crippen LogP contribution < -0.4 is 10.6 Å². The molecule has 0 amide bonds. The molecule has 0 saturated heterocycles. The van der Waals surface area contributed by atoms with Gasteiger partial charge in [0.15, 0.2) is 5.13 Å². The van der Waals surface area contributed by atoms with Gasteiger partial charge in [-0.15, -0.1) is 11.3 Å². The van der Waals surface area contributed by atoms with E-state index in [0.29, 0.717) is 0 Å². The Morgan fingerprint density at radius 2 is 2.13 bits per heavy atom. The Bertz CT molecular complexity index is 1490. The number of halogens is 1. The van der Waals surface area contributed by atoms with Gasteiger partial charge in [0.2, 0.25) is 0 Å². The molecule has 0 aliphatic rings. The Hall–Kier alpha value is -3.78. The first-order chi connectivity index (χ1) is 14.6. The Labute approximate surface area is 174 Å². The number of hydrogen-bond donors (Lipinski definition) is 3. The summed E-state index contributed by atoms with van der Waals surface area (Å²) in [5, 5.41) is 16.9. The Kier molecular flexibility index (Phi) is 4.40. The third-order valence-electron chi connectivity index (χ3n) is 4.92. The minimum absolute atomic E-state index is 0.232. The molecule has 0 aliphatic heterocycles. The van der Waals surface area contributed by atoms with Gasteiger partial charge in [-0.05, 0) is 42.8 Å². The molecule has 0 unspecified atom stereocenters. The van der Waals surface area contributed by atoms with E-state index in [4.69, 9.17) is 0 Å². The molecule has 8 heteroatoms. The van der Waals surface area contributed by atoms with Crippen LogP contribution in [0.3, 0.4) is 0 Å². The topological polar surface area (TPSA) is 86.0 Å². The summed E-state index contributed by atoms with van der Waals surface area (Å²) >= 11 is 1.08. The van der Waals surface area contributed by atoms with Gasteiger partial charge in [-0.3, -0.25) is 15.2 Å². The Morgan fingerprint density at radius 1 is 1.23 bits per heavy atom. The quantitative estimate of drug-likeness (QED) is 0.416. The molecule has 0 saturated carbocycles. The van der Waals surface area contributed by atoms with Gasteiger partial charge in [-0.25, -0.2) is 0 Å². The highest BCUT2D eigenvalue weighted by Crippen LogP contribution is 2.33. The second-order valence-electron chi connectivity index (χ2n) is 6.75. The fourth-order valence-corrected chi connectivity index (χ4v) is 4.18. The highest BCUT2D eigenvalue weighted by Gasteiger charge is 2.14. The Balaban J connectivity index is 1.69. The standard InChI is InChI=1S/C22H17FN6S/c1-3-16-14(8-12(2)13-10-25-26-11-13)21(29-28-16)18-9-15-17(27-18)6-7-24-22(15)19-4-5-20(23)30-19/h3-11,27-28H,2H2,1H3,(H,25,26)/b14-8+,16-3+. The van der Waals surface area contributed by atoms with Crippen molar-refractivity contribution in [3.05, 3.63) is 70.7 Å². The van der Waals surface area contributed by atoms with E-state index >= 15 is 0 Å². The number of aromatic nitrogens is 6. The van der Waals surface area contributed by atoms with Crippen molar-refractivity contribution in [3.8, 4) is 22.0 Å². The van der Waals surface area contributed by atoms with E-state index < -0.39 is 0 Å². The van der Waals surface area contributed by atoms with Crippen LogP contribution in [-0.4, -0.2) is 30.4 Å². The van der Waals surface area contributed by atoms with E-state index in [1.807, 2.05) is 31.2 Å². The normalized spacial score (nSPS) is 12.9. The zero-order valence-corrected chi connectivity index (χ0v) is 16.8. The number of H-pyrrole nitrogens is 3. The van der Waals surface area contributed by atoms with Gasteiger partial charge in [0, 0.05) is 34.1 Å². The molecule has 0 aromatic carbocycles. The van der Waals surface area contributed by atoms with Crippen LogP contribution in [0.4, 0.5) is 4.39 Å². The number of nitrogens with one attached hydrogen (secondary N) is 3. The number of thiophene rings is 1. The third-order valence-corrected chi connectivity index (χ3v) is 5.80. The molecule has 6 nitrogen and oxygen atoms in total. The molecule has 0 atom stereocenters. The van der Waals surface area contributed by atoms with E-state index in [2.05, 4.69) is 36.9 Å². The van der Waals surface area contributed by atoms with E-state index in [1.54, 1.807) is 24.7 Å². The van der Waals surface area contributed by atoms with Crippen molar-refractivity contribution in [2.45, 2.75) is 6.92 Å². The third kappa shape index (κ3) is 3.07. The minimum Gasteiger partial charge on any atom is -0.353 e. The number of hydrogen-bond acceptors (Lipinski definition) is 4. The summed E-state index contributed by atoms with van der Waals surface area (Å²) in [6.45, 7) is 6.11. The zero-order valence-electron chi connectivity index (χ0n) is 16.0. The Morgan fingerprint density at radius 3 is 2.87 bits per heavy atom. The molecule has 0 radical (unpaired) electrons. The van der Waals surface area contributed by atoms with Crippen molar-refractivity contribution in [2.24, 2.45) is 0 Å². The van der Waals surface area contributed by atoms with Crippen molar-refractivity contribution >= 4 is 40.0 Å². The first-order valence-corrected chi connectivity index (χ1v) is 10.1. The summed E-state index contributed by atoms with van der Waals surface area (Å²) in [6, 6.07) is 7.11. The maximum Gasteiger partial charge on any atom is 0.177 e. The molecule has 0 bridgehead atoms. The van der Waals surface area contributed by atoms with Crippen LogP contribution >= 0.6 is 11.3 Å². The number of pyridine rings is 1. The summed E-state index contributed by atoms with van der Waals surface area (Å²) in [6.07, 6.45) is 9.20. The minimum atomic E-state index is -0.232. The predicted molar refractivity (Wildman–Crippen MR) is 118 cm³/mol. The van der Waals surface area contributed by atoms with Crippen molar-refractivity contribution in [1.82, 2.24) is 30.4 Å². The molecule has 0 aliphatic carbocycles. The number of nitrogens with zero attached hydrogens (tertiary/aromatic N) is 3. The maximum atomic E-state index is 13.6. The summed E-state index contributed by atoms with van der Waals surface area (Å²) in [5.41, 5.74) is 5.00. The van der Waals surface area contributed by atoms with Crippen molar-refractivity contribution in [1.29, 1.82) is 0 Å². The molecule has 0 fully saturated rings. The summed E-state index contributed by atoms with van der Waals surface area (Å²) < 4.78 is 13.6. The molecule has 5 aromatic rings. The van der Waals surface area contributed by atoms with Crippen LogP contribution in [0.5, 0.6) is 0 Å². The van der Waals surface area contributed by atoms with Crippen LogP contribution in [0, 0.1) is 5.13 Å². The maximum absolute atomic E-state index is 13.6. The van der Waals surface area contributed by atoms with Crippen LogP contribution in [0.25, 0.3) is 50.6 Å². The molecule has 5 heterocycles. The van der Waals surface area contributed by atoms with Gasteiger partial charge in [0.1, 0.15) is 5.69 Å². The van der Waals surface area contributed by atoms with Gasteiger partial charge in [-0.1, -0.05) is 12.7 Å². The van der Waals surface area contributed by atoms with Gasteiger partial charge in [0.25, 0.3) is 0 Å². The zero-order chi connectivity index (χ0) is 20.7. The molecule has 5 rings (SSSR count). The number of allylic oxidation sites excluding steroid dienone is 1. The first kappa shape index (κ1) is 18.3. The summed E-state index contributed by atoms with van der Waals surface area (Å²) in [4.78, 5) is 8.69. The first-order valence-electron chi connectivity index (χ1n) is 9.28. The molecule has 148 valence electrons. The fourth-order valence-electron chi connectivity index (χ4n) is 3.44. The second-order valence-corrected chi connectivity index (χ2v) is 7.79. The van der Waals surface area contributed by atoms with Crippen LogP contribution in [0.2, 0.25) is 0 Å². The lowest BCUT2D eigenvalue weighted by Gasteiger charge is -1.97. The molecule has 30 heavy (non-hydrogen) atoms. The van der Waals surface area contributed by atoms with E-state index in [0.717, 1.165) is 65.9 Å². The highest BCUT2D eigenvalue weighted by atomic mass is 32.1. The van der Waals surface area contributed by atoms with Crippen LogP contribution in [0.15, 0.2) is 49.4 Å². The van der Waals surface area contributed by atoms with Gasteiger partial charge < -0.3 is 4.98 Å². The van der Waals surface area contributed by atoms with Crippen molar-refractivity contribution in [3.63, 3.8) is 0 Å². The fraction of sp³-hybridized carbons (Fsp3) is 0.0455. The lowest BCUT2D eigenvalue weighted by atomic mass is 10.1. The average Bonchev–Trinajstić information content (AvgIpc) is 3.53. The van der Waals surface area contributed by atoms with Crippen molar-refractivity contribution in [2.75, 3.05) is 0 Å². The smallest absolute Gasteiger partial charge is 0.177 e. The monoisotopic (exact) mass is 416 g/mol. The van der Waals surface area contributed by atoms with Gasteiger partial charge in [-0.2, -0.15) is 14.6 Å². The molecule has 0 spiro atoms. The van der Waals surface area contributed by atoms with Gasteiger partial charge >= 0.3 is 0 Å². The largest absolute Gasteiger partial charge is 0.353 e. The predicted octanol–water partition coefficient (Wildman–Crippen LogP) is 3.84. The SMILES string of the molecule is C=C(/C=c1/c(-c2cc3c(-c4ccc(F)s4)nccc3[nH]2)n[nH]/c1=C/C)c1cn[nH]c1. The second kappa shape index (κ2) is 7.23. The number of rotatable bonds is 4. The molecular weight excluding hydrogens is 399 g/mol. The van der Waals surface area contributed by atoms with Crippen molar-refractivity contribution < 1.29 is 4.39 Å². The average molecular weight is 416 g/mol. The van der Waals surface area contributed by atoms with E-state index in [-0.39, 0.29) is 5.13 Å². The van der Waals surface area contributed by atoms with Crippen LogP contribution in [-0.2, 0) is 0 Å². The van der Waals surface area contributed by atoms with E-state index in [9.17, 15) is 4.39 Å². The summed E-state index contributed by atoms with van der Waals surface area (Å²) in [5.74, 6) is 0. The number of fused-ring (bicyclic) bond motifs is 1. The van der Waals surface area contributed by atoms with E-state index in [1.165, 1.54) is 6.07 Å². The lowest BCUT2D eigenvalue weighted by molar-refractivity contribution is 0.657. The molecular formula is C22H17FN6S. The summed E-state index contributed by atoms with van der Waals surface area (Å²) in [7, 11) is 0. The lowest BCUT2D eigenvalue weighted by Crippen LogP contribution is -2.23. The number of aromatic amines is 3.